The van der Waals surface area contributed by atoms with Gasteiger partial charge in [0.15, 0.2) is 0 Å². The van der Waals surface area contributed by atoms with Crippen molar-refractivity contribution in [2.75, 3.05) is 5.32 Å². The van der Waals surface area contributed by atoms with Crippen molar-refractivity contribution in [3.63, 3.8) is 0 Å². The molecule has 20 heavy (non-hydrogen) atoms. The number of carbonyl (C=O) groups excluding carboxylic acids is 1. The summed E-state index contributed by atoms with van der Waals surface area (Å²) in [4.78, 5) is 15.9. The number of benzene rings is 1. The summed E-state index contributed by atoms with van der Waals surface area (Å²) in [5.41, 5.74) is 2.74. The lowest BCUT2D eigenvalue weighted by Crippen LogP contribution is -2.18. The van der Waals surface area contributed by atoms with E-state index in [9.17, 15) is 4.79 Å². The van der Waals surface area contributed by atoms with Crippen LogP contribution < -0.4 is 5.32 Å². The van der Waals surface area contributed by atoms with E-state index in [4.69, 9.17) is 4.74 Å². The molecule has 0 saturated heterocycles. The van der Waals surface area contributed by atoms with Gasteiger partial charge in [-0.2, -0.15) is 0 Å². The Balaban J connectivity index is 2.16. The standard InChI is InChI=1S/C14H15BrN2O2S/c1-8(2)19-14(18)17-11-5-4-10(6-9(11)3)13-16-7-12(15)20-13/h4-8H,1-3H3,(H,17,18). The third-order valence-electron chi connectivity index (χ3n) is 2.53. The molecule has 0 atom stereocenters. The number of rotatable bonds is 3. The average Bonchev–Trinajstić information content (AvgIpc) is 2.77. The predicted molar refractivity (Wildman–Crippen MR) is 85.2 cm³/mol. The Morgan fingerprint density at radius 1 is 1.45 bits per heavy atom. The number of ether oxygens (including phenoxy) is 1. The highest BCUT2D eigenvalue weighted by Gasteiger charge is 2.09. The van der Waals surface area contributed by atoms with E-state index >= 15 is 0 Å². The van der Waals surface area contributed by atoms with E-state index in [2.05, 4.69) is 26.2 Å². The molecule has 0 radical (unpaired) electrons. The molecule has 0 spiro atoms. The van der Waals surface area contributed by atoms with Crippen LogP contribution in [0.4, 0.5) is 10.5 Å². The third kappa shape index (κ3) is 3.80. The van der Waals surface area contributed by atoms with E-state index < -0.39 is 6.09 Å². The lowest BCUT2D eigenvalue weighted by Gasteiger charge is -2.11. The Labute approximate surface area is 130 Å². The molecule has 0 bridgehead atoms. The lowest BCUT2D eigenvalue weighted by atomic mass is 10.1. The molecule has 0 fully saturated rings. The van der Waals surface area contributed by atoms with Gasteiger partial charge in [-0.25, -0.2) is 9.78 Å². The van der Waals surface area contributed by atoms with Crippen LogP contribution in [0.5, 0.6) is 0 Å². The van der Waals surface area contributed by atoms with Crippen molar-refractivity contribution in [1.29, 1.82) is 0 Å². The van der Waals surface area contributed by atoms with Crippen LogP contribution in [-0.4, -0.2) is 17.2 Å². The second-order valence-electron chi connectivity index (χ2n) is 4.58. The van der Waals surface area contributed by atoms with Crippen LogP contribution in [0.1, 0.15) is 19.4 Å². The molecule has 1 amide bonds. The largest absolute Gasteiger partial charge is 0.447 e. The normalized spacial score (nSPS) is 10.7. The summed E-state index contributed by atoms with van der Waals surface area (Å²) < 4.78 is 6.05. The van der Waals surface area contributed by atoms with Gasteiger partial charge in [-0.05, 0) is 60.5 Å². The molecular formula is C14H15BrN2O2S. The SMILES string of the molecule is Cc1cc(-c2ncc(Br)s2)ccc1NC(=O)OC(C)C. The van der Waals surface area contributed by atoms with E-state index in [-0.39, 0.29) is 6.10 Å². The molecule has 1 N–H and O–H groups in total. The molecule has 4 nitrogen and oxygen atoms in total. The van der Waals surface area contributed by atoms with Gasteiger partial charge in [0.2, 0.25) is 0 Å². The first-order valence-electron chi connectivity index (χ1n) is 6.15. The number of nitrogens with zero attached hydrogens (tertiary/aromatic N) is 1. The highest BCUT2D eigenvalue weighted by atomic mass is 79.9. The fourth-order valence-corrected chi connectivity index (χ4v) is 2.88. The van der Waals surface area contributed by atoms with Gasteiger partial charge < -0.3 is 4.74 Å². The zero-order valence-corrected chi connectivity index (χ0v) is 13.8. The van der Waals surface area contributed by atoms with Gasteiger partial charge in [0.05, 0.1) is 16.1 Å². The topological polar surface area (TPSA) is 51.2 Å². The monoisotopic (exact) mass is 354 g/mol. The number of aryl methyl sites for hydroxylation is 1. The number of amides is 1. The summed E-state index contributed by atoms with van der Waals surface area (Å²) in [6.45, 7) is 5.57. The van der Waals surface area contributed by atoms with E-state index in [1.807, 2.05) is 39.0 Å². The number of thiazole rings is 1. The van der Waals surface area contributed by atoms with Crippen molar-refractivity contribution in [2.24, 2.45) is 0 Å². The second kappa shape index (κ2) is 6.37. The number of hydrogen-bond donors (Lipinski definition) is 1. The average molecular weight is 355 g/mol. The van der Waals surface area contributed by atoms with Crippen molar-refractivity contribution in [3.05, 3.63) is 33.7 Å². The van der Waals surface area contributed by atoms with Crippen LogP contribution in [0.2, 0.25) is 0 Å². The first kappa shape index (κ1) is 15.0. The Morgan fingerprint density at radius 2 is 2.20 bits per heavy atom. The zero-order chi connectivity index (χ0) is 14.7. The number of hydrogen-bond acceptors (Lipinski definition) is 4. The molecule has 2 aromatic rings. The van der Waals surface area contributed by atoms with Gasteiger partial charge >= 0.3 is 6.09 Å². The van der Waals surface area contributed by atoms with Crippen molar-refractivity contribution < 1.29 is 9.53 Å². The number of carbonyl (C=O) groups is 1. The first-order chi connectivity index (χ1) is 9.45. The number of nitrogens with one attached hydrogen (secondary N) is 1. The molecule has 0 saturated carbocycles. The smallest absolute Gasteiger partial charge is 0.411 e. The number of anilines is 1. The molecule has 0 aliphatic carbocycles. The molecule has 0 aliphatic heterocycles. The highest BCUT2D eigenvalue weighted by Crippen LogP contribution is 2.30. The van der Waals surface area contributed by atoms with Crippen LogP contribution in [0.15, 0.2) is 28.2 Å². The minimum absolute atomic E-state index is 0.137. The minimum Gasteiger partial charge on any atom is -0.447 e. The lowest BCUT2D eigenvalue weighted by molar-refractivity contribution is 0.130. The number of aromatic nitrogens is 1. The summed E-state index contributed by atoms with van der Waals surface area (Å²) in [6.07, 6.45) is 1.21. The van der Waals surface area contributed by atoms with E-state index in [0.717, 1.165) is 25.6 Å². The molecule has 1 aromatic heterocycles. The van der Waals surface area contributed by atoms with Gasteiger partial charge in [-0.15, -0.1) is 11.3 Å². The van der Waals surface area contributed by atoms with Crippen LogP contribution in [0, 0.1) is 6.92 Å². The van der Waals surface area contributed by atoms with Crippen LogP contribution >= 0.6 is 27.3 Å². The van der Waals surface area contributed by atoms with Gasteiger partial charge in [0.1, 0.15) is 5.01 Å². The Kier molecular flexibility index (Phi) is 4.77. The Morgan fingerprint density at radius 3 is 2.75 bits per heavy atom. The maximum absolute atomic E-state index is 11.6. The van der Waals surface area contributed by atoms with Crippen molar-refractivity contribution in [1.82, 2.24) is 4.98 Å². The first-order valence-corrected chi connectivity index (χ1v) is 7.76. The van der Waals surface area contributed by atoms with E-state index in [0.29, 0.717) is 0 Å². The van der Waals surface area contributed by atoms with Crippen molar-refractivity contribution >= 4 is 39.0 Å². The summed E-state index contributed by atoms with van der Waals surface area (Å²) in [7, 11) is 0. The Hall–Kier alpha value is -1.40. The zero-order valence-electron chi connectivity index (χ0n) is 11.4. The van der Waals surface area contributed by atoms with Crippen LogP contribution in [0.3, 0.4) is 0 Å². The van der Waals surface area contributed by atoms with Crippen molar-refractivity contribution in [3.8, 4) is 10.6 Å². The molecule has 0 unspecified atom stereocenters. The molecule has 0 aliphatic rings. The van der Waals surface area contributed by atoms with Gasteiger partial charge in [0.25, 0.3) is 0 Å². The van der Waals surface area contributed by atoms with E-state index in [1.165, 1.54) is 0 Å². The summed E-state index contributed by atoms with van der Waals surface area (Å²) >= 11 is 4.97. The van der Waals surface area contributed by atoms with Gasteiger partial charge in [0, 0.05) is 11.3 Å². The molecule has 6 heteroatoms. The molecule has 106 valence electrons. The Bertz CT molecular complexity index is 625. The molecule has 1 aromatic carbocycles. The maximum atomic E-state index is 11.6. The second-order valence-corrected chi connectivity index (χ2v) is 6.99. The predicted octanol–water partition coefficient (Wildman–Crippen LogP) is 4.84. The fraction of sp³-hybridized carbons (Fsp3) is 0.286. The highest BCUT2D eigenvalue weighted by molar-refractivity contribution is 9.11. The maximum Gasteiger partial charge on any atom is 0.411 e. The quantitative estimate of drug-likeness (QED) is 0.857. The summed E-state index contributed by atoms with van der Waals surface area (Å²) in [5, 5.41) is 3.68. The fourth-order valence-electron chi connectivity index (χ4n) is 1.68. The van der Waals surface area contributed by atoms with Gasteiger partial charge in [-0.1, -0.05) is 0 Å². The minimum atomic E-state index is -0.437. The molecular weight excluding hydrogens is 340 g/mol. The summed E-state index contributed by atoms with van der Waals surface area (Å²) in [6, 6.07) is 5.79. The number of halogens is 1. The summed E-state index contributed by atoms with van der Waals surface area (Å²) in [5.74, 6) is 0. The van der Waals surface area contributed by atoms with Crippen LogP contribution in [0.25, 0.3) is 10.6 Å². The molecule has 2 rings (SSSR count). The van der Waals surface area contributed by atoms with Gasteiger partial charge in [-0.3, -0.25) is 5.32 Å². The van der Waals surface area contributed by atoms with Crippen LogP contribution in [-0.2, 0) is 4.74 Å². The third-order valence-corrected chi connectivity index (χ3v) is 4.06. The molecule has 1 heterocycles. The van der Waals surface area contributed by atoms with Crippen molar-refractivity contribution in [2.45, 2.75) is 26.9 Å². The van der Waals surface area contributed by atoms with E-state index in [1.54, 1.807) is 17.5 Å².